The Morgan fingerprint density at radius 1 is 1.21 bits per heavy atom. The van der Waals surface area contributed by atoms with Crippen molar-refractivity contribution >= 4 is 28.9 Å². The van der Waals surface area contributed by atoms with Gasteiger partial charge in [0, 0.05) is 24.8 Å². The van der Waals surface area contributed by atoms with Crippen molar-refractivity contribution in [3.05, 3.63) is 48.0 Å². The molecule has 0 atom stereocenters. The summed E-state index contributed by atoms with van der Waals surface area (Å²) in [6.45, 7) is 4.29. The molecule has 2 heterocycles. The van der Waals surface area contributed by atoms with Crippen LogP contribution in [-0.4, -0.2) is 35.7 Å². The van der Waals surface area contributed by atoms with Crippen LogP contribution in [0.2, 0.25) is 0 Å². The summed E-state index contributed by atoms with van der Waals surface area (Å²) in [5.74, 6) is -0.893. The van der Waals surface area contributed by atoms with E-state index in [1.54, 1.807) is 36.9 Å². The van der Waals surface area contributed by atoms with Crippen molar-refractivity contribution in [1.29, 1.82) is 5.26 Å². The number of aliphatic carboxylic acids is 1. The quantitative estimate of drug-likeness (QED) is 0.884. The van der Waals surface area contributed by atoms with Gasteiger partial charge in [-0.3, -0.25) is 14.5 Å². The van der Waals surface area contributed by atoms with Crippen LogP contribution in [0.1, 0.15) is 19.4 Å². The topological polar surface area (TPSA) is 93.9 Å². The van der Waals surface area contributed by atoms with Crippen LogP contribution in [0.5, 0.6) is 5.75 Å². The molecule has 0 unspecified atom stereocenters. The lowest BCUT2D eigenvalue weighted by molar-refractivity contribution is -0.142. The first-order valence-corrected chi connectivity index (χ1v) is 8.96. The van der Waals surface area contributed by atoms with Gasteiger partial charge in [-0.2, -0.15) is 5.26 Å². The van der Waals surface area contributed by atoms with E-state index in [9.17, 15) is 9.59 Å². The van der Waals surface area contributed by atoms with Crippen molar-refractivity contribution in [2.45, 2.75) is 19.4 Å². The zero-order chi connectivity index (χ0) is 20.1. The van der Waals surface area contributed by atoms with Crippen LogP contribution in [0.15, 0.2) is 42.5 Å². The number of hydrogen-bond donors (Lipinski definition) is 1. The van der Waals surface area contributed by atoms with E-state index in [-0.39, 0.29) is 11.8 Å². The van der Waals surface area contributed by atoms with Gasteiger partial charge in [0.15, 0.2) is 5.60 Å². The Bertz CT molecular complexity index is 1020. The van der Waals surface area contributed by atoms with Crippen LogP contribution in [0.4, 0.5) is 17.1 Å². The number of carbonyl (C=O) groups is 2. The number of fused-ring (bicyclic) bond motifs is 1. The maximum absolute atomic E-state index is 13.1. The van der Waals surface area contributed by atoms with Crippen molar-refractivity contribution in [2.75, 3.05) is 22.9 Å². The number of nitrogens with zero attached hydrogens (tertiary/aromatic N) is 3. The van der Waals surface area contributed by atoms with Crippen molar-refractivity contribution in [2.24, 2.45) is 5.92 Å². The van der Waals surface area contributed by atoms with Gasteiger partial charge in [0.05, 0.1) is 28.9 Å². The van der Waals surface area contributed by atoms with Gasteiger partial charge >= 0.3 is 5.97 Å². The Balaban J connectivity index is 1.73. The number of rotatable bonds is 3. The molecule has 0 bridgehead atoms. The molecule has 1 amide bonds. The third-order valence-electron chi connectivity index (χ3n) is 5.10. The van der Waals surface area contributed by atoms with Crippen LogP contribution in [0.3, 0.4) is 0 Å². The van der Waals surface area contributed by atoms with E-state index in [1.165, 1.54) is 0 Å². The lowest BCUT2D eigenvalue weighted by atomic mass is 9.99. The lowest BCUT2D eigenvalue weighted by Gasteiger charge is -2.41. The number of anilines is 3. The molecular weight excluding hydrogens is 358 g/mol. The second-order valence-corrected chi connectivity index (χ2v) is 7.51. The predicted octanol–water partition coefficient (Wildman–Crippen LogP) is 2.91. The Labute approximate surface area is 162 Å². The second-order valence-electron chi connectivity index (χ2n) is 7.51. The molecule has 0 saturated carbocycles. The molecule has 142 valence electrons. The lowest BCUT2D eigenvalue weighted by Crippen LogP contribution is -2.51. The van der Waals surface area contributed by atoms with E-state index in [2.05, 4.69) is 6.07 Å². The highest BCUT2D eigenvalue weighted by atomic mass is 16.5. The molecule has 1 fully saturated rings. The average Bonchev–Trinajstić information content (AvgIpc) is 2.61. The Kier molecular flexibility index (Phi) is 4.00. The summed E-state index contributed by atoms with van der Waals surface area (Å²) in [7, 11) is 0. The summed E-state index contributed by atoms with van der Waals surface area (Å²) in [5.41, 5.74) is 1.48. The van der Waals surface area contributed by atoms with Gasteiger partial charge in [-0.05, 0) is 44.2 Å². The summed E-state index contributed by atoms with van der Waals surface area (Å²) in [6.07, 6.45) is 0. The van der Waals surface area contributed by atoms with E-state index in [0.29, 0.717) is 35.8 Å². The van der Waals surface area contributed by atoms with Gasteiger partial charge in [0.2, 0.25) is 0 Å². The van der Waals surface area contributed by atoms with E-state index in [1.807, 2.05) is 29.2 Å². The van der Waals surface area contributed by atoms with Gasteiger partial charge in [0.25, 0.3) is 5.91 Å². The van der Waals surface area contributed by atoms with E-state index >= 15 is 0 Å². The molecule has 4 rings (SSSR count). The molecule has 0 aliphatic carbocycles. The standard InChI is InChI=1S/C21H19N3O4/c1-21(2)20(27)24(17-7-6-13(10-22)8-18(17)28-21)16-5-3-4-15(9-16)23-11-14(12-23)19(25)26/h3-9,14H,11-12H2,1-2H3,(H,25,26). The van der Waals surface area contributed by atoms with Crippen LogP contribution in [0.25, 0.3) is 0 Å². The van der Waals surface area contributed by atoms with Crippen LogP contribution in [-0.2, 0) is 9.59 Å². The molecule has 0 radical (unpaired) electrons. The zero-order valence-electron chi connectivity index (χ0n) is 15.5. The highest BCUT2D eigenvalue weighted by Crippen LogP contribution is 2.43. The normalized spacial score (nSPS) is 18.0. The van der Waals surface area contributed by atoms with Crippen LogP contribution in [0, 0.1) is 17.2 Å². The number of hydrogen-bond acceptors (Lipinski definition) is 5. The molecule has 7 heteroatoms. The smallest absolute Gasteiger partial charge is 0.310 e. The minimum Gasteiger partial charge on any atom is -0.481 e. The molecule has 2 aliphatic rings. The summed E-state index contributed by atoms with van der Waals surface area (Å²) in [5, 5.41) is 18.2. The molecule has 2 aromatic carbocycles. The van der Waals surface area contributed by atoms with Gasteiger partial charge < -0.3 is 14.7 Å². The molecule has 28 heavy (non-hydrogen) atoms. The van der Waals surface area contributed by atoms with Crippen molar-refractivity contribution in [1.82, 2.24) is 0 Å². The summed E-state index contributed by atoms with van der Waals surface area (Å²) in [6, 6.07) is 14.5. The van der Waals surface area contributed by atoms with E-state index < -0.39 is 11.6 Å². The van der Waals surface area contributed by atoms with Gasteiger partial charge in [-0.1, -0.05) is 6.07 Å². The molecular formula is C21H19N3O4. The molecule has 1 saturated heterocycles. The Hall–Kier alpha value is -3.53. The number of amides is 1. The third-order valence-corrected chi connectivity index (χ3v) is 5.10. The highest BCUT2D eigenvalue weighted by molar-refractivity contribution is 6.08. The van der Waals surface area contributed by atoms with E-state index in [4.69, 9.17) is 15.1 Å². The molecule has 1 N–H and O–H groups in total. The zero-order valence-corrected chi connectivity index (χ0v) is 15.5. The fourth-order valence-corrected chi connectivity index (χ4v) is 3.48. The second kappa shape index (κ2) is 6.27. The van der Waals surface area contributed by atoms with E-state index in [0.717, 1.165) is 5.69 Å². The van der Waals surface area contributed by atoms with Crippen LogP contribution >= 0.6 is 0 Å². The Morgan fingerprint density at radius 3 is 2.61 bits per heavy atom. The summed E-state index contributed by atoms with van der Waals surface area (Å²) >= 11 is 0. The fraction of sp³-hybridized carbons (Fsp3) is 0.286. The maximum Gasteiger partial charge on any atom is 0.310 e. The molecule has 0 spiro atoms. The van der Waals surface area contributed by atoms with Crippen molar-refractivity contribution < 1.29 is 19.4 Å². The first-order valence-electron chi connectivity index (χ1n) is 8.96. The minimum atomic E-state index is -1.08. The predicted molar refractivity (Wildman–Crippen MR) is 103 cm³/mol. The number of benzene rings is 2. The first kappa shape index (κ1) is 17.9. The van der Waals surface area contributed by atoms with Crippen LogP contribution < -0.4 is 14.5 Å². The summed E-state index contributed by atoms with van der Waals surface area (Å²) in [4.78, 5) is 27.7. The van der Waals surface area contributed by atoms with Gasteiger partial charge in [-0.15, -0.1) is 0 Å². The number of carboxylic acids is 1. The van der Waals surface area contributed by atoms with Gasteiger partial charge in [-0.25, -0.2) is 0 Å². The molecule has 2 aliphatic heterocycles. The number of ether oxygens (including phenoxy) is 1. The Morgan fingerprint density at radius 2 is 1.93 bits per heavy atom. The first-order chi connectivity index (χ1) is 13.3. The van der Waals surface area contributed by atoms with Crippen molar-refractivity contribution in [3.8, 4) is 11.8 Å². The summed E-state index contributed by atoms with van der Waals surface area (Å²) < 4.78 is 5.86. The molecule has 0 aromatic heterocycles. The molecule has 7 nitrogen and oxygen atoms in total. The van der Waals surface area contributed by atoms with Crippen molar-refractivity contribution in [3.63, 3.8) is 0 Å². The number of nitriles is 1. The molecule has 2 aromatic rings. The number of carboxylic acid groups (broad SMARTS) is 1. The highest BCUT2D eigenvalue weighted by Gasteiger charge is 2.42. The van der Waals surface area contributed by atoms with Gasteiger partial charge in [0.1, 0.15) is 5.75 Å². The monoisotopic (exact) mass is 377 g/mol. The largest absolute Gasteiger partial charge is 0.481 e. The maximum atomic E-state index is 13.1. The number of carbonyl (C=O) groups excluding carboxylic acids is 1. The SMILES string of the molecule is CC1(C)Oc2cc(C#N)ccc2N(c2cccc(N3CC(C(=O)O)C3)c2)C1=O. The minimum absolute atomic E-state index is 0.214. The fourth-order valence-electron chi connectivity index (χ4n) is 3.48. The average molecular weight is 377 g/mol. The third kappa shape index (κ3) is 2.83.